The Morgan fingerprint density at radius 3 is 1.10 bits per heavy atom. The van der Waals surface area contributed by atoms with Crippen LogP contribution in [0.5, 0.6) is 0 Å². The summed E-state index contributed by atoms with van der Waals surface area (Å²) in [5.74, 6) is -1.02. The number of hydrogen-bond acceptors (Lipinski definition) is 6. The molecule has 0 heterocycles. The molecule has 0 spiro atoms. The summed E-state index contributed by atoms with van der Waals surface area (Å²) < 4.78 is 16.7. The molecule has 1 unspecified atom stereocenters. The molecule has 0 aromatic carbocycles. The van der Waals surface area contributed by atoms with Gasteiger partial charge in [0.05, 0.1) is 0 Å². The molecule has 63 heavy (non-hydrogen) atoms. The Morgan fingerprint density at radius 1 is 0.333 bits per heavy atom. The lowest BCUT2D eigenvalue weighted by Crippen LogP contribution is -2.30. The molecule has 0 fully saturated rings. The van der Waals surface area contributed by atoms with Gasteiger partial charge in [0.15, 0.2) is 6.10 Å². The van der Waals surface area contributed by atoms with Gasteiger partial charge in [0.2, 0.25) is 0 Å². The van der Waals surface area contributed by atoms with Crippen LogP contribution < -0.4 is 0 Å². The number of carbonyl (C=O) groups excluding carboxylic acids is 3. The third kappa shape index (κ3) is 48.7. The van der Waals surface area contributed by atoms with Crippen LogP contribution in [-0.2, 0) is 28.6 Å². The van der Waals surface area contributed by atoms with Gasteiger partial charge in [-0.05, 0) is 51.4 Å². The summed E-state index contributed by atoms with van der Waals surface area (Å²) in [6.07, 6.45) is 68.9. The molecule has 0 radical (unpaired) electrons. The molecule has 0 aliphatic carbocycles. The fourth-order valence-corrected chi connectivity index (χ4v) is 6.44. The van der Waals surface area contributed by atoms with Gasteiger partial charge in [-0.1, -0.05) is 251 Å². The highest BCUT2D eigenvalue weighted by Crippen LogP contribution is 2.14. The smallest absolute Gasteiger partial charge is 0.306 e. The summed E-state index contributed by atoms with van der Waals surface area (Å²) >= 11 is 0. The SMILES string of the molecule is CC\C=C/C=C\C=C/C=C\C=C/CCCC(=O)OCC(COC(=O)CCCCCCC\C=C/C=C\C=C/C=C\C=C/CCC)OC(=O)CCCCCCCCCCCCCCCC. The van der Waals surface area contributed by atoms with E-state index in [0.717, 1.165) is 77.0 Å². The molecular formula is C57H90O6. The first-order chi connectivity index (χ1) is 31.0. The summed E-state index contributed by atoms with van der Waals surface area (Å²) in [6.45, 7) is 6.30. The second-order valence-corrected chi connectivity index (χ2v) is 16.2. The fraction of sp³-hybridized carbons (Fsp3) is 0.596. The van der Waals surface area contributed by atoms with Gasteiger partial charge in [-0.3, -0.25) is 14.4 Å². The summed E-state index contributed by atoms with van der Waals surface area (Å²) in [6, 6.07) is 0. The average molecular weight is 871 g/mol. The van der Waals surface area contributed by atoms with Gasteiger partial charge < -0.3 is 14.2 Å². The number of allylic oxidation sites excluding steroid dienone is 20. The maximum atomic E-state index is 12.8. The number of unbranched alkanes of at least 4 members (excludes halogenated alkanes) is 20. The lowest BCUT2D eigenvalue weighted by Gasteiger charge is -2.18. The molecule has 0 aromatic heterocycles. The van der Waals surface area contributed by atoms with Gasteiger partial charge in [-0.2, -0.15) is 0 Å². The standard InChI is InChI=1S/C57H90O6/c1-4-7-10-13-16-19-22-25-27-28-29-30-33-35-38-41-44-47-50-56(59)62-53-54(52-61-55(58)49-46-43-40-37-34-31-24-21-18-15-12-9-6-3)63-57(60)51-48-45-42-39-36-32-26-23-20-17-14-11-8-5-2/h9-10,12-13,15-16,18-19,21-22,24-25,27-31,34,37,40,54H,4-8,11,14,17,20,23,26,32-33,35-36,38-39,41-53H2,1-3H3/b12-9-,13-10-,18-15-,19-16-,24-21-,25-22-,28-27-,30-29-,34-31-,40-37-. The quantitative estimate of drug-likeness (QED) is 0.0263. The van der Waals surface area contributed by atoms with Crippen molar-refractivity contribution in [1.29, 1.82) is 0 Å². The van der Waals surface area contributed by atoms with E-state index >= 15 is 0 Å². The van der Waals surface area contributed by atoms with Crippen LogP contribution in [0.4, 0.5) is 0 Å². The molecule has 0 saturated heterocycles. The first kappa shape index (κ1) is 58.8. The second kappa shape index (κ2) is 50.5. The van der Waals surface area contributed by atoms with Crippen LogP contribution >= 0.6 is 0 Å². The third-order valence-corrected chi connectivity index (χ3v) is 10.2. The van der Waals surface area contributed by atoms with Crippen LogP contribution in [0.25, 0.3) is 0 Å². The third-order valence-electron chi connectivity index (χ3n) is 10.2. The number of rotatable bonds is 43. The molecule has 0 saturated carbocycles. The van der Waals surface area contributed by atoms with Crippen molar-refractivity contribution in [2.45, 2.75) is 207 Å². The Kier molecular flexibility index (Phi) is 47.1. The molecule has 354 valence electrons. The van der Waals surface area contributed by atoms with E-state index in [-0.39, 0.29) is 37.5 Å². The second-order valence-electron chi connectivity index (χ2n) is 16.2. The van der Waals surface area contributed by atoms with Crippen LogP contribution in [0, 0.1) is 0 Å². The van der Waals surface area contributed by atoms with E-state index in [1.807, 2.05) is 91.1 Å². The Morgan fingerprint density at radius 2 is 0.667 bits per heavy atom. The van der Waals surface area contributed by atoms with Crippen molar-refractivity contribution in [2.75, 3.05) is 13.2 Å². The van der Waals surface area contributed by atoms with Gasteiger partial charge >= 0.3 is 17.9 Å². The molecule has 0 bridgehead atoms. The largest absolute Gasteiger partial charge is 0.462 e. The van der Waals surface area contributed by atoms with E-state index in [2.05, 4.69) is 51.2 Å². The lowest BCUT2D eigenvalue weighted by atomic mass is 10.0. The van der Waals surface area contributed by atoms with Crippen molar-refractivity contribution >= 4 is 17.9 Å². The van der Waals surface area contributed by atoms with Crippen molar-refractivity contribution in [1.82, 2.24) is 0 Å². The van der Waals surface area contributed by atoms with Crippen molar-refractivity contribution in [2.24, 2.45) is 0 Å². The Labute approximate surface area is 386 Å². The van der Waals surface area contributed by atoms with Gasteiger partial charge in [-0.15, -0.1) is 0 Å². The highest BCUT2D eigenvalue weighted by molar-refractivity contribution is 5.71. The predicted octanol–water partition coefficient (Wildman–Crippen LogP) is 16.5. The summed E-state index contributed by atoms with van der Waals surface area (Å²) in [4.78, 5) is 37.9. The normalized spacial score (nSPS) is 13.1. The molecule has 1 atom stereocenters. The topological polar surface area (TPSA) is 78.9 Å². The lowest BCUT2D eigenvalue weighted by molar-refractivity contribution is -0.167. The minimum atomic E-state index is -0.818. The molecule has 0 amide bonds. The minimum absolute atomic E-state index is 0.116. The number of ether oxygens (including phenoxy) is 3. The van der Waals surface area contributed by atoms with Crippen LogP contribution in [0.2, 0.25) is 0 Å². The van der Waals surface area contributed by atoms with Gasteiger partial charge in [-0.25, -0.2) is 0 Å². The van der Waals surface area contributed by atoms with E-state index in [4.69, 9.17) is 14.2 Å². The molecule has 0 rings (SSSR count). The zero-order chi connectivity index (χ0) is 45.8. The van der Waals surface area contributed by atoms with Gasteiger partial charge in [0.25, 0.3) is 0 Å². The monoisotopic (exact) mass is 871 g/mol. The zero-order valence-electron chi connectivity index (χ0n) is 40.3. The number of carbonyl (C=O) groups is 3. The van der Waals surface area contributed by atoms with E-state index in [9.17, 15) is 14.4 Å². The van der Waals surface area contributed by atoms with E-state index in [1.54, 1.807) is 0 Å². The molecular weight excluding hydrogens is 781 g/mol. The van der Waals surface area contributed by atoms with Crippen molar-refractivity contribution in [3.63, 3.8) is 0 Å². The van der Waals surface area contributed by atoms with Crippen molar-refractivity contribution in [3.05, 3.63) is 122 Å². The Balaban J connectivity index is 4.54. The highest BCUT2D eigenvalue weighted by atomic mass is 16.6. The first-order valence-electron chi connectivity index (χ1n) is 25.2. The van der Waals surface area contributed by atoms with Crippen LogP contribution in [0.1, 0.15) is 201 Å². The molecule has 0 aromatic rings. The average Bonchev–Trinajstić information content (AvgIpc) is 3.28. The summed E-state index contributed by atoms with van der Waals surface area (Å²) in [5.41, 5.74) is 0. The molecule has 0 N–H and O–H groups in total. The Bertz CT molecular complexity index is 1370. The predicted molar refractivity (Wildman–Crippen MR) is 269 cm³/mol. The molecule has 0 aliphatic heterocycles. The molecule has 6 heteroatoms. The van der Waals surface area contributed by atoms with E-state index in [0.29, 0.717) is 19.3 Å². The van der Waals surface area contributed by atoms with Crippen LogP contribution in [0.15, 0.2) is 122 Å². The number of hydrogen-bond donors (Lipinski definition) is 0. The van der Waals surface area contributed by atoms with Gasteiger partial charge in [0.1, 0.15) is 13.2 Å². The van der Waals surface area contributed by atoms with E-state index in [1.165, 1.54) is 77.0 Å². The first-order valence-corrected chi connectivity index (χ1v) is 25.2. The number of esters is 3. The summed E-state index contributed by atoms with van der Waals surface area (Å²) in [5, 5.41) is 0. The maximum absolute atomic E-state index is 12.8. The summed E-state index contributed by atoms with van der Waals surface area (Å²) in [7, 11) is 0. The van der Waals surface area contributed by atoms with Crippen molar-refractivity contribution < 1.29 is 28.6 Å². The van der Waals surface area contributed by atoms with Crippen LogP contribution in [-0.4, -0.2) is 37.2 Å². The fourth-order valence-electron chi connectivity index (χ4n) is 6.44. The van der Waals surface area contributed by atoms with Gasteiger partial charge in [0, 0.05) is 19.3 Å². The maximum Gasteiger partial charge on any atom is 0.306 e. The molecule has 0 aliphatic rings. The highest BCUT2D eigenvalue weighted by Gasteiger charge is 2.19. The minimum Gasteiger partial charge on any atom is -0.462 e. The zero-order valence-corrected chi connectivity index (χ0v) is 40.3. The molecule has 6 nitrogen and oxygen atoms in total. The Hall–Kier alpha value is -4.19. The van der Waals surface area contributed by atoms with Crippen molar-refractivity contribution in [3.8, 4) is 0 Å². The van der Waals surface area contributed by atoms with Crippen LogP contribution in [0.3, 0.4) is 0 Å². The van der Waals surface area contributed by atoms with E-state index < -0.39 is 6.10 Å².